The Hall–Kier alpha value is -1.83. The number of nitrogens with zero attached hydrogens (tertiary/aromatic N) is 1. The molecule has 0 radical (unpaired) electrons. The number of nitro benzene ring substituents is 1. The highest BCUT2D eigenvalue weighted by Crippen LogP contribution is 2.22. The van der Waals surface area contributed by atoms with Gasteiger partial charge in [0.05, 0.1) is 4.92 Å². The van der Waals surface area contributed by atoms with Crippen LogP contribution in [0.2, 0.25) is 0 Å². The number of hydrogen-bond acceptors (Lipinski definition) is 4. The number of benzene rings is 2. The van der Waals surface area contributed by atoms with E-state index in [4.69, 9.17) is 10.5 Å². The Bertz CT molecular complexity index is 617. The lowest BCUT2D eigenvalue weighted by Crippen LogP contribution is -2.01. The van der Waals surface area contributed by atoms with E-state index in [1.165, 1.54) is 18.2 Å². The number of nitro groups is 1. The molecule has 0 fully saturated rings. The monoisotopic (exact) mass is 370 g/mol. The molecule has 0 spiro atoms. The first-order chi connectivity index (χ1) is 9.06. The average Bonchev–Trinajstić information content (AvgIpc) is 2.37. The summed E-state index contributed by atoms with van der Waals surface area (Å²) in [5.41, 5.74) is 6.88. The summed E-state index contributed by atoms with van der Waals surface area (Å²) in [4.78, 5) is 10.3. The van der Waals surface area contributed by atoms with E-state index in [-0.39, 0.29) is 12.3 Å². The van der Waals surface area contributed by atoms with E-state index in [1.54, 1.807) is 0 Å². The molecule has 0 aromatic heterocycles. The van der Waals surface area contributed by atoms with E-state index in [2.05, 4.69) is 22.6 Å². The third kappa shape index (κ3) is 3.57. The smallest absolute Gasteiger partial charge is 0.269 e. The van der Waals surface area contributed by atoms with Crippen LogP contribution in [0, 0.1) is 13.7 Å². The lowest BCUT2D eigenvalue weighted by atomic mass is 10.1. The molecule has 0 aliphatic heterocycles. The molecule has 0 saturated heterocycles. The van der Waals surface area contributed by atoms with Crippen molar-refractivity contribution in [3.63, 3.8) is 0 Å². The van der Waals surface area contributed by atoms with Crippen molar-refractivity contribution >= 4 is 34.0 Å². The van der Waals surface area contributed by atoms with Crippen LogP contribution in [0.3, 0.4) is 0 Å². The summed E-state index contributed by atoms with van der Waals surface area (Å²) in [7, 11) is 0. The Morgan fingerprint density at radius 2 is 2.05 bits per heavy atom. The van der Waals surface area contributed by atoms with Crippen molar-refractivity contribution in [3.8, 4) is 5.75 Å². The number of anilines is 1. The minimum atomic E-state index is -0.450. The van der Waals surface area contributed by atoms with Crippen molar-refractivity contribution in [1.82, 2.24) is 0 Å². The van der Waals surface area contributed by atoms with Gasteiger partial charge in [0.15, 0.2) is 0 Å². The number of non-ortho nitro benzene ring substituents is 1. The van der Waals surface area contributed by atoms with Gasteiger partial charge in [0.25, 0.3) is 5.69 Å². The number of rotatable bonds is 4. The molecule has 2 rings (SSSR count). The van der Waals surface area contributed by atoms with Gasteiger partial charge in [0.1, 0.15) is 12.4 Å². The Morgan fingerprint density at radius 1 is 1.26 bits per heavy atom. The SMILES string of the molecule is Nc1ccc([N+](=O)[O-])cc1COc1cccc(I)c1. The minimum absolute atomic E-state index is 0.00967. The summed E-state index contributed by atoms with van der Waals surface area (Å²) in [6, 6.07) is 11.9. The molecule has 5 nitrogen and oxygen atoms in total. The van der Waals surface area contributed by atoms with E-state index < -0.39 is 4.92 Å². The Kier molecular flexibility index (Phi) is 4.20. The first-order valence-corrected chi connectivity index (χ1v) is 6.55. The van der Waals surface area contributed by atoms with Crippen LogP contribution < -0.4 is 10.5 Å². The fourth-order valence-electron chi connectivity index (χ4n) is 1.55. The van der Waals surface area contributed by atoms with Gasteiger partial charge in [-0.2, -0.15) is 0 Å². The average molecular weight is 370 g/mol. The molecule has 2 N–H and O–H groups in total. The van der Waals surface area contributed by atoms with Crippen molar-refractivity contribution in [2.75, 3.05) is 5.73 Å². The topological polar surface area (TPSA) is 78.4 Å². The van der Waals surface area contributed by atoms with E-state index in [0.29, 0.717) is 17.0 Å². The molecular formula is C13H11IN2O3. The van der Waals surface area contributed by atoms with E-state index in [1.807, 2.05) is 24.3 Å². The van der Waals surface area contributed by atoms with Crippen LogP contribution in [0.25, 0.3) is 0 Å². The maximum absolute atomic E-state index is 10.7. The van der Waals surface area contributed by atoms with Gasteiger partial charge in [-0.3, -0.25) is 10.1 Å². The molecule has 0 heterocycles. The normalized spacial score (nSPS) is 10.2. The highest BCUT2D eigenvalue weighted by atomic mass is 127. The third-order valence-electron chi connectivity index (χ3n) is 2.53. The van der Waals surface area contributed by atoms with Crippen molar-refractivity contribution in [1.29, 1.82) is 0 Å². The van der Waals surface area contributed by atoms with Crippen LogP contribution in [-0.4, -0.2) is 4.92 Å². The standard InChI is InChI=1S/C13H11IN2O3/c14-10-2-1-3-12(7-10)19-8-9-6-11(16(17)18)4-5-13(9)15/h1-7H,8,15H2. The van der Waals surface area contributed by atoms with Crippen molar-refractivity contribution in [2.24, 2.45) is 0 Å². The van der Waals surface area contributed by atoms with Gasteiger partial charge in [0.2, 0.25) is 0 Å². The number of halogens is 1. The zero-order valence-corrected chi connectivity index (χ0v) is 12.0. The molecule has 0 saturated carbocycles. The molecule has 0 atom stereocenters. The Balaban J connectivity index is 2.15. The molecule has 98 valence electrons. The molecule has 0 aliphatic rings. The summed E-state index contributed by atoms with van der Waals surface area (Å²) in [5.74, 6) is 0.706. The van der Waals surface area contributed by atoms with Gasteiger partial charge < -0.3 is 10.5 Å². The molecule has 19 heavy (non-hydrogen) atoms. The Morgan fingerprint density at radius 3 is 2.74 bits per heavy atom. The fraction of sp³-hybridized carbons (Fsp3) is 0.0769. The van der Waals surface area contributed by atoms with Gasteiger partial charge in [-0.15, -0.1) is 0 Å². The van der Waals surface area contributed by atoms with Crippen molar-refractivity contribution in [3.05, 3.63) is 61.7 Å². The van der Waals surface area contributed by atoms with Gasteiger partial charge in [-0.1, -0.05) is 6.07 Å². The fourth-order valence-corrected chi connectivity index (χ4v) is 2.06. The molecule has 0 aliphatic carbocycles. The zero-order valence-electron chi connectivity index (χ0n) is 9.88. The summed E-state index contributed by atoms with van der Waals surface area (Å²) < 4.78 is 6.64. The third-order valence-corrected chi connectivity index (χ3v) is 3.20. The van der Waals surface area contributed by atoms with Crippen molar-refractivity contribution in [2.45, 2.75) is 6.61 Å². The number of hydrogen-bond donors (Lipinski definition) is 1. The molecule has 2 aromatic rings. The van der Waals surface area contributed by atoms with Crippen LogP contribution in [-0.2, 0) is 6.61 Å². The minimum Gasteiger partial charge on any atom is -0.489 e. The van der Waals surface area contributed by atoms with Crippen LogP contribution in [0.15, 0.2) is 42.5 Å². The van der Waals surface area contributed by atoms with Crippen LogP contribution >= 0.6 is 22.6 Å². The largest absolute Gasteiger partial charge is 0.489 e. The second-order valence-corrected chi connectivity index (χ2v) is 5.13. The number of nitrogen functional groups attached to an aromatic ring is 1. The number of ether oxygens (including phenoxy) is 1. The first kappa shape index (κ1) is 13.6. The van der Waals surface area contributed by atoms with E-state index in [9.17, 15) is 10.1 Å². The van der Waals surface area contributed by atoms with Crippen molar-refractivity contribution < 1.29 is 9.66 Å². The van der Waals surface area contributed by atoms with Gasteiger partial charge in [-0.05, 0) is 46.9 Å². The zero-order chi connectivity index (χ0) is 13.8. The summed E-state index contributed by atoms with van der Waals surface area (Å²) in [6.45, 7) is 0.202. The Labute approximate surface area is 123 Å². The second kappa shape index (κ2) is 5.87. The molecule has 0 bridgehead atoms. The van der Waals surface area contributed by atoms with Gasteiger partial charge >= 0.3 is 0 Å². The predicted octanol–water partition coefficient (Wildman–Crippen LogP) is 3.36. The van der Waals surface area contributed by atoms with Crippen LogP contribution in [0.1, 0.15) is 5.56 Å². The molecule has 0 unspecified atom stereocenters. The lowest BCUT2D eigenvalue weighted by molar-refractivity contribution is -0.384. The van der Waals surface area contributed by atoms with E-state index in [0.717, 1.165) is 3.57 Å². The second-order valence-electron chi connectivity index (χ2n) is 3.89. The molecule has 0 amide bonds. The predicted molar refractivity (Wildman–Crippen MR) is 81.0 cm³/mol. The van der Waals surface area contributed by atoms with Gasteiger partial charge in [0, 0.05) is 27.0 Å². The molecular weight excluding hydrogens is 359 g/mol. The lowest BCUT2D eigenvalue weighted by Gasteiger charge is -2.08. The summed E-state index contributed by atoms with van der Waals surface area (Å²) in [5, 5.41) is 10.7. The highest BCUT2D eigenvalue weighted by Gasteiger charge is 2.09. The molecule has 6 heteroatoms. The maximum atomic E-state index is 10.7. The maximum Gasteiger partial charge on any atom is 0.269 e. The first-order valence-electron chi connectivity index (χ1n) is 5.47. The summed E-state index contributed by atoms with van der Waals surface area (Å²) >= 11 is 2.19. The quantitative estimate of drug-likeness (QED) is 0.388. The number of nitrogens with two attached hydrogens (primary N) is 1. The highest BCUT2D eigenvalue weighted by molar-refractivity contribution is 14.1. The molecule has 2 aromatic carbocycles. The summed E-state index contributed by atoms with van der Waals surface area (Å²) in [6.07, 6.45) is 0. The van der Waals surface area contributed by atoms with Gasteiger partial charge in [-0.25, -0.2) is 0 Å². The van der Waals surface area contributed by atoms with Crippen LogP contribution in [0.4, 0.5) is 11.4 Å². The van der Waals surface area contributed by atoms with Crippen LogP contribution in [0.5, 0.6) is 5.75 Å². The van der Waals surface area contributed by atoms with E-state index >= 15 is 0 Å².